The number of esters is 1. The van der Waals surface area contributed by atoms with Crippen molar-refractivity contribution < 1.29 is 28.1 Å². The first kappa shape index (κ1) is 26.3. The lowest BCUT2D eigenvalue weighted by Gasteiger charge is -2.27. The SMILES string of the molecule is COc1ccc(CC(=O)Oc2ccc3c(c2)OC(N)=C(C#N)C3c2cccc(OCc3ccccc3F)c2)cc1. The van der Waals surface area contributed by atoms with E-state index in [1.54, 1.807) is 86.0 Å². The highest BCUT2D eigenvalue weighted by Gasteiger charge is 2.31. The summed E-state index contributed by atoms with van der Waals surface area (Å²) < 4.78 is 36.3. The van der Waals surface area contributed by atoms with Crippen LogP contribution in [0.15, 0.2) is 102 Å². The number of fused-ring (bicyclic) bond motifs is 1. The molecule has 8 heteroatoms. The fourth-order valence-electron chi connectivity index (χ4n) is 4.48. The molecule has 1 unspecified atom stereocenters. The van der Waals surface area contributed by atoms with Gasteiger partial charge in [-0.3, -0.25) is 4.79 Å². The number of nitrogens with two attached hydrogens (primary N) is 1. The van der Waals surface area contributed by atoms with Gasteiger partial charge in [0, 0.05) is 17.2 Å². The number of allylic oxidation sites excluding steroid dienone is 1. The average molecular weight is 537 g/mol. The highest BCUT2D eigenvalue weighted by atomic mass is 19.1. The molecule has 1 heterocycles. The number of halogens is 1. The normalized spacial score (nSPS) is 14.0. The van der Waals surface area contributed by atoms with E-state index in [-0.39, 0.29) is 36.1 Å². The number of carbonyl (C=O) groups is 1. The van der Waals surface area contributed by atoms with E-state index in [1.807, 2.05) is 6.07 Å². The Kier molecular flexibility index (Phi) is 7.65. The number of benzene rings is 4. The van der Waals surface area contributed by atoms with Gasteiger partial charge in [0.1, 0.15) is 47.1 Å². The first-order valence-corrected chi connectivity index (χ1v) is 12.5. The standard InChI is InChI=1S/C32H25FN2O5/c1-37-23-11-9-20(10-12-23)15-30(36)39-25-13-14-26-29(17-25)40-32(35)27(18-34)31(26)21-6-4-7-24(16-21)38-19-22-5-2-3-8-28(22)33/h2-14,16-17,31H,15,19,35H2,1H3. The van der Waals surface area contributed by atoms with Gasteiger partial charge in [0.2, 0.25) is 5.88 Å². The van der Waals surface area contributed by atoms with Crippen LogP contribution in [-0.2, 0) is 17.8 Å². The van der Waals surface area contributed by atoms with Crippen LogP contribution in [-0.4, -0.2) is 13.1 Å². The number of carbonyl (C=O) groups excluding carboxylic acids is 1. The molecule has 5 rings (SSSR count). The number of nitriles is 1. The second-order valence-corrected chi connectivity index (χ2v) is 9.08. The maximum Gasteiger partial charge on any atom is 0.315 e. The van der Waals surface area contributed by atoms with Gasteiger partial charge in [-0.05, 0) is 47.5 Å². The zero-order valence-electron chi connectivity index (χ0n) is 21.6. The quantitative estimate of drug-likeness (QED) is 0.225. The van der Waals surface area contributed by atoms with Crippen molar-refractivity contribution in [2.24, 2.45) is 5.73 Å². The summed E-state index contributed by atoms with van der Waals surface area (Å²) in [6.45, 7) is 0.0504. The number of rotatable bonds is 8. The van der Waals surface area contributed by atoms with Gasteiger partial charge in [0.25, 0.3) is 0 Å². The lowest BCUT2D eigenvalue weighted by atomic mass is 9.83. The van der Waals surface area contributed by atoms with Gasteiger partial charge < -0.3 is 24.7 Å². The van der Waals surface area contributed by atoms with Gasteiger partial charge in [0.05, 0.1) is 19.4 Å². The highest BCUT2D eigenvalue weighted by molar-refractivity contribution is 5.75. The Morgan fingerprint density at radius 2 is 1.75 bits per heavy atom. The molecule has 4 aromatic carbocycles. The molecule has 0 saturated carbocycles. The van der Waals surface area contributed by atoms with Crippen LogP contribution >= 0.6 is 0 Å². The van der Waals surface area contributed by atoms with E-state index in [1.165, 1.54) is 6.07 Å². The maximum atomic E-state index is 14.0. The first-order valence-electron chi connectivity index (χ1n) is 12.5. The van der Waals surface area contributed by atoms with Gasteiger partial charge in [-0.25, -0.2) is 4.39 Å². The maximum absolute atomic E-state index is 14.0. The van der Waals surface area contributed by atoms with E-state index in [2.05, 4.69) is 6.07 Å². The molecule has 0 aliphatic carbocycles. The minimum Gasteiger partial charge on any atom is -0.497 e. The summed E-state index contributed by atoms with van der Waals surface area (Å²) in [5, 5.41) is 9.90. The molecule has 0 spiro atoms. The molecule has 2 N–H and O–H groups in total. The first-order chi connectivity index (χ1) is 19.4. The van der Waals surface area contributed by atoms with Gasteiger partial charge in [0.15, 0.2) is 0 Å². The van der Waals surface area contributed by atoms with Crippen molar-refractivity contribution in [3.8, 4) is 29.1 Å². The van der Waals surface area contributed by atoms with Gasteiger partial charge >= 0.3 is 5.97 Å². The second-order valence-electron chi connectivity index (χ2n) is 9.08. The van der Waals surface area contributed by atoms with E-state index >= 15 is 0 Å². The summed E-state index contributed by atoms with van der Waals surface area (Å²) in [5.74, 6) is 0.476. The van der Waals surface area contributed by atoms with E-state index in [4.69, 9.17) is 24.7 Å². The smallest absolute Gasteiger partial charge is 0.315 e. The Morgan fingerprint density at radius 1 is 0.975 bits per heavy atom. The summed E-state index contributed by atoms with van der Waals surface area (Å²) in [5.41, 5.74) is 9.00. The molecule has 40 heavy (non-hydrogen) atoms. The fourth-order valence-corrected chi connectivity index (χ4v) is 4.48. The van der Waals surface area contributed by atoms with E-state index in [9.17, 15) is 14.4 Å². The molecule has 0 amide bonds. The second kappa shape index (κ2) is 11.6. The van der Waals surface area contributed by atoms with Crippen LogP contribution in [0.25, 0.3) is 0 Å². The van der Waals surface area contributed by atoms with Crippen molar-refractivity contribution in [1.82, 2.24) is 0 Å². The summed E-state index contributed by atoms with van der Waals surface area (Å²) >= 11 is 0. The number of hydrogen-bond donors (Lipinski definition) is 1. The van der Waals surface area contributed by atoms with Crippen LogP contribution in [0.2, 0.25) is 0 Å². The van der Waals surface area contributed by atoms with Crippen LogP contribution in [0.5, 0.6) is 23.0 Å². The molecule has 1 aliphatic heterocycles. The third-order valence-corrected chi connectivity index (χ3v) is 6.47. The van der Waals surface area contributed by atoms with Gasteiger partial charge in [-0.1, -0.05) is 48.5 Å². The molecule has 0 bridgehead atoms. The lowest BCUT2D eigenvalue weighted by Crippen LogP contribution is -2.21. The average Bonchev–Trinajstić information content (AvgIpc) is 2.96. The molecule has 0 fully saturated rings. The molecule has 0 radical (unpaired) electrons. The Bertz CT molecular complexity index is 1630. The molecule has 1 atom stereocenters. The summed E-state index contributed by atoms with van der Waals surface area (Å²) in [4.78, 5) is 12.6. The van der Waals surface area contributed by atoms with Crippen molar-refractivity contribution in [3.63, 3.8) is 0 Å². The summed E-state index contributed by atoms with van der Waals surface area (Å²) in [6.07, 6.45) is 0.0743. The van der Waals surface area contributed by atoms with E-state index < -0.39 is 11.9 Å². The predicted octanol–water partition coefficient (Wildman–Crippen LogP) is 5.78. The molecular weight excluding hydrogens is 511 g/mol. The number of nitrogens with zero attached hydrogens (tertiary/aromatic N) is 1. The monoisotopic (exact) mass is 536 g/mol. The molecular formula is C32H25FN2O5. The van der Waals surface area contributed by atoms with Crippen LogP contribution < -0.4 is 24.7 Å². The van der Waals surface area contributed by atoms with E-state index in [0.717, 1.165) is 11.1 Å². The van der Waals surface area contributed by atoms with Crippen molar-refractivity contribution >= 4 is 5.97 Å². The molecule has 0 saturated heterocycles. The number of ether oxygens (including phenoxy) is 4. The van der Waals surface area contributed by atoms with Crippen molar-refractivity contribution in [3.05, 3.63) is 131 Å². The number of hydrogen-bond acceptors (Lipinski definition) is 7. The lowest BCUT2D eigenvalue weighted by molar-refractivity contribution is -0.133. The number of methoxy groups -OCH3 is 1. The van der Waals surface area contributed by atoms with Crippen LogP contribution in [0.4, 0.5) is 4.39 Å². The van der Waals surface area contributed by atoms with Crippen LogP contribution in [0.1, 0.15) is 28.2 Å². The minimum atomic E-state index is -0.546. The van der Waals surface area contributed by atoms with Gasteiger partial charge in [-0.2, -0.15) is 5.26 Å². The third-order valence-electron chi connectivity index (χ3n) is 6.47. The van der Waals surface area contributed by atoms with Crippen molar-refractivity contribution in [2.45, 2.75) is 18.9 Å². The Balaban J connectivity index is 1.36. The predicted molar refractivity (Wildman–Crippen MR) is 145 cm³/mol. The van der Waals surface area contributed by atoms with Gasteiger partial charge in [-0.15, -0.1) is 0 Å². The largest absolute Gasteiger partial charge is 0.497 e. The molecule has 7 nitrogen and oxygen atoms in total. The summed E-state index contributed by atoms with van der Waals surface area (Å²) in [7, 11) is 1.58. The fraction of sp³-hybridized carbons (Fsp3) is 0.125. The Morgan fingerprint density at radius 3 is 2.50 bits per heavy atom. The molecule has 200 valence electrons. The van der Waals surface area contributed by atoms with E-state index in [0.29, 0.717) is 28.4 Å². The molecule has 1 aliphatic rings. The van der Waals surface area contributed by atoms with Crippen molar-refractivity contribution in [1.29, 1.82) is 5.26 Å². The minimum absolute atomic E-state index is 0.0422. The van der Waals surface area contributed by atoms with Crippen molar-refractivity contribution in [2.75, 3.05) is 7.11 Å². The Hall–Kier alpha value is -5.29. The topological polar surface area (TPSA) is 104 Å². The molecule has 4 aromatic rings. The summed E-state index contributed by atoms with van der Waals surface area (Å²) in [6, 6.07) is 27.9. The zero-order chi connectivity index (χ0) is 28.1. The zero-order valence-corrected chi connectivity index (χ0v) is 21.6. The van der Waals surface area contributed by atoms with Crippen LogP contribution in [0.3, 0.4) is 0 Å². The Labute approximate surface area is 230 Å². The third kappa shape index (κ3) is 5.74. The molecule has 0 aromatic heterocycles. The highest BCUT2D eigenvalue weighted by Crippen LogP contribution is 2.44. The van der Waals surface area contributed by atoms with Crippen LogP contribution in [0, 0.1) is 17.1 Å².